The van der Waals surface area contributed by atoms with Crippen LogP contribution in [0.2, 0.25) is 0 Å². The summed E-state index contributed by atoms with van der Waals surface area (Å²) in [5.74, 6) is -7.01. The van der Waals surface area contributed by atoms with E-state index in [4.69, 9.17) is 14.6 Å². The maximum atomic E-state index is 12.2. The number of imidazole rings is 1. The summed E-state index contributed by atoms with van der Waals surface area (Å²) in [6.45, 7) is 1.55. The molecule has 1 aromatic heterocycles. The van der Waals surface area contributed by atoms with Gasteiger partial charge < -0.3 is 40.4 Å². The first-order valence-electron chi connectivity index (χ1n) is 16.7. The Hall–Kier alpha value is -4.51. The van der Waals surface area contributed by atoms with E-state index in [1.165, 1.54) is 13.3 Å². The number of carbonyl (C=O) groups excluding carboxylic acids is 5. The Balaban J connectivity index is 2.16. The summed E-state index contributed by atoms with van der Waals surface area (Å²) in [6, 6.07) is -1.12. The summed E-state index contributed by atoms with van der Waals surface area (Å²) in [4.78, 5) is 101. The predicted molar refractivity (Wildman–Crippen MR) is 175 cm³/mol. The SMILES string of the molecule is CC(=O)N[C@@H](CCC(=O)CCCOCCOCC(=O)C[C@@H](CCC(=O)NCCCC[C@H](CC(=O)CCc1cnc[nH]1)C(=O)O)C(=O)O)C(=O)O. The number of aromatic amines is 1. The molecule has 0 spiro atoms. The van der Waals surface area contributed by atoms with Crippen LogP contribution in [0.1, 0.15) is 89.7 Å². The summed E-state index contributed by atoms with van der Waals surface area (Å²) in [7, 11) is 0. The molecule has 0 aliphatic heterocycles. The van der Waals surface area contributed by atoms with Crippen LogP contribution in [-0.4, -0.2) is 111 Å². The number of aromatic nitrogens is 2. The van der Waals surface area contributed by atoms with Gasteiger partial charge in [-0.1, -0.05) is 6.42 Å². The first kappa shape index (κ1) is 43.5. The minimum atomic E-state index is -1.21. The number of Topliss-reactive ketones (excluding diaryl/α,β-unsaturated/α-hetero) is 3. The van der Waals surface area contributed by atoms with Gasteiger partial charge in [0.05, 0.1) is 31.4 Å². The van der Waals surface area contributed by atoms with Gasteiger partial charge in [-0.15, -0.1) is 0 Å². The highest BCUT2D eigenvalue weighted by atomic mass is 16.5. The second kappa shape index (κ2) is 25.5. The minimum absolute atomic E-state index is 0.00128. The van der Waals surface area contributed by atoms with Crippen LogP contribution in [0.3, 0.4) is 0 Å². The maximum absolute atomic E-state index is 12.2. The number of amides is 2. The highest BCUT2D eigenvalue weighted by molar-refractivity contribution is 5.86. The minimum Gasteiger partial charge on any atom is -0.481 e. The van der Waals surface area contributed by atoms with Crippen LogP contribution in [0.25, 0.3) is 0 Å². The van der Waals surface area contributed by atoms with E-state index in [9.17, 15) is 48.6 Å². The summed E-state index contributed by atoms with van der Waals surface area (Å²) in [5, 5.41) is 32.9. The van der Waals surface area contributed by atoms with E-state index in [1.807, 2.05) is 0 Å². The first-order chi connectivity index (χ1) is 23.8. The Morgan fingerprint density at radius 2 is 1.42 bits per heavy atom. The van der Waals surface area contributed by atoms with Gasteiger partial charge in [0.25, 0.3) is 0 Å². The smallest absolute Gasteiger partial charge is 0.326 e. The largest absolute Gasteiger partial charge is 0.481 e. The molecule has 1 rings (SSSR count). The van der Waals surface area contributed by atoms with Crippen LogP contribution in [0.4, 0.5) is 0 Å². The van der Waals surface area contributed by atoms with Crippen LogP contribution >= 0.6 is 0 Å². The Bertz CT molecular complexity index is 1250. The number of hydrogen-bond acceptors (Lipinski definition) is 11. The van der Waals surface area contributed by atoms with Crippen LogP contribution in [-0.2, 0) is 54.3 Å². The standard InChI is InChI=1S/C33H50N4O13/c1-22(38)37-29(33(47)48)11-10-26(39)6-4-14-49-15-16-50-20-28(41)18-24(32(45)46)7-12-30(42)35-13-3-2-5-23(31(43)44)17-27(40)9-8-25-19-34-21-36-25/h19,21,23-24,29H,2-18,20H2,1H3,(H,34,36)(H,35,42)(H,37,38)(H,43,44)(H,45,46)(H,47,48)/t23-,24-,29+/m1/s1. The number of ether oxygens (including phenoxy) is 2. The average molecular weight is 711 g/mol. The molecule has 17 nitrogen and oxygen atoms in total. The third kappa shape index (κ3) is 21.5. The van der Waals surface area contributed by atoms with Crippen molar-refractivity contribution in [1.82, 2.24) is 20.6 Å². The van der Waals surface area contributed by atoms with Crippen molar-refractivity contribution in [2.45, 2.75) is 96.4 Å². The molecular formula is C33H50N4O13. The molecule has 0 aliphatic rings. The molecule has 2 amide bonds. The molecule has 6 N–H and O–H groups in total. The Morgan fingerprint density at radius 1 is 0.740 bits per heavy atom. The Labute approximate surface area is 290 Å². The van der Waals surface area contributed by atoms with Gasteiger partial charge in [0, 0.05) is 70.5 Å². The fraction of sp³-hybridized carbons (Fsp3) is 0.667. The van der Waals surface area contributed by atoms with Crippen molar-refractivity contribution in [3.8, 4) is 0 Å². The number of carbonyl (C=O) groups is 8. The average Bonchev–Trinajstić information content (AvgIpc) is 3.57. The van der Waals surface area contributed by atoms with E-state index in [1.54, 1.807) is 6.20 Å². The fourth-order valence-electron chi connectivity index (χ4n) is 4.88. The molecule has 0 aromatic carbocycles. The molecule has 50 heavy (non-hydrogen) atoms. The topological polar surface area (TPSA) is 268 Å². The van der Waals surface area contributed by atoms with E-state index < -0.39 is 53.4 Å². The van der Waals surface area contributed by atoms with Crippen molar-refractivity contribution < 1.29 is 63.1 Å². The normalized spacial score (nSPS) is 12.7. The van der Waals surface area contributed by atoms with Crippen molar-refractivity contribution in [2.75, 3.05) is 33.0 Å². The van der Waals surface area contributed by atoms with E-state index in [0.717, 1.165) is 5.69 Å². The van der Waals surface area contributed by atoms with Crippen LogP contribution in [0, 0.1) is 11.8 Å². The number of carboxylic acid groups (broad SMARTS) is 3. The van der Waals surface area contributed by atoms with Crippen molar-refractivity contribution in [3.63, 3.8) is 0 Å². The summed E-state index contributed by atoms with van der Waals surface area (Å²) in [5.41, 5.74) is 0.797. The van der Waals surface area contributed by atoms with Crippen LogP contribution < -0.4 is 10.6 Å². The quantitative estimate of drug-likeness (QED) is 0.0596. The van der Waals surface area contributed by atoms with E-state index in [0.29, 0.717) is 25.7 Å². The molecule has 17 heteroatoms. The lowest BCUT2D eigenvalue weighted by Gasteiger charge is -2.13. The summed E-state index contributed by atoms with van der Waals surface area (Å²) in [6.07, 6.45) is 5.03. The zero-order valence-electron chi connectivity index (χ0n) is 28.5. The van der Waals surface area contributed by atoms with E-state index in [-0.39, 0.29) is 102 Å². The molecule has 280 valence electrons. The first-order valence-corrected chi connectivity index (χ1v) is 16.7. The molecule has 1 heterocycles. The molecule has 0 radical (unpaired) electrons. The van der Waals surface area contributed by atoms with Gasteiger partial charge in [0.1, 0.15) is 24.2 Å². The molecule has 0 saturated carbocycles. The predicted octanol–water partition coefficient (Wildman–Crippen LogP) is 1.48. The van der Waals surface area contributed by atoms with E-state index >= 15 is 0 Å². The number of hydrogen-bond donors (Lipinski definition) is 6. The number of ketones is 3. The van der Waals surface area contributed by atoms with Gasteiger partial charge in [0.15, 0.2) is 5.78 Å². The number of carboxylic acids is 3. The summed E-state index contributed by atoms with van der Waals surface area (Å²) >= 11 is 0. The highest BCUT2D eigenvalue weighted by Gasteiger charge is 2.23. The zero-order chi connectivity index (χ0) is 37.3. The zero-order valence-corrected chi connectivity index (χ0v) is 28.5. The van der Waals surface area contributed by atoms with Gasteiger partial charge in [0.2, 0.25) is 11.8 Å². The van der Waals surface area contributed by atoms with Crippen molar-refractivity contribution in [3.05, 3.63) is 18.2 Å². The van der Waals surface area contributed by atoms with Gasteiger partial charge in [-0.25, -0.2) is 9.78 Å². The second-order valence-electron chi connectivity index (χ2n) is 12.0. The number of nitrogens with one attached hydrogen (secondary N) is 3. The highest BCUT2D eigenvalue weighted by Crippen LogP contribution is 2.16. The van der Waals surface area contributed by atoms with Gasteiger partial charge in [-0.3, -0.25) is 33.6 Å². The Morgan fingerprint density at radius 3 is 2.06 bits per heavy atom. The fourth-order valence-corrected chi connectivity index (χ4v) is 4.88. The lowest BCUT2D eigenvalue weighted by Crippen LogP contribution is -2.39. The molecule has 0 unspecified atom stereocenters. The van der Waals surface area contributed by atoms with Crippen molar-refractivity contribution in [1.29, 1.82) is 0 Å². The number of H-pyrrole nitrogens is 1. The lowest BCUT2D eigenvalue weighted by atomic mass is 9.94. The molecule has 0 saturated heterocycles. The van der Waals surface area contributed by atoms with Crippen LogP contribution in [0.15, 0.2) is 12.5 Å². The number of aryl methyl sites for hydroxylation is 1. The Kier molecular flexibility index (Phi) is 22.2. The third-order valence-electron chi connectivity index (χ3n) is 7.66. The van der Waals surface area contributed by atoms with Gasteiger partial charge in [-0.2, -0.15) is 0 Å². The van der Waals surface area contributed by atoms with Crippen molar-refractivity contribution in [2.24, 2.45) is 11.8 Å². The van der Waals surface area contributed by atoms with Crippen LogP contribution in [0.5, 0.6) is 0 Å². The monoisotopic (exact) mass is 710 g/mol. The second-order valence-corrected chi connectivity index (χ2v) is 12.0. The van der Waals surface area contributed by atoms with Gasteiger partial charge in [-0.05, 0) is 38.5 Å². The van der Waals surface area contributed by atoms with Crippen molar-refractivity contribution >= 4 is 47.1 Å². The van der Waals surface area contributed by atoms with E-state index in [2.05, 4.69) is 20.6 Å². The number of aliphatic carboxylic acids is 3. The molecule has 0 aliphatic carbocycles. The third-order valence-corrected chi connectivity index (χ3v) is 7.66. The number of unbranched alkanes of at least 4 members (excludes halogenated alkanes) is 1. The molecule has 0 fully saturated rings. The lowest BCUT2D eigenvalue weighted by molar-refractivity contribution is -0.145. The number of rotatable bonds is 31. The molecule has 3 atom stereocenters. The molecule has 0 bridgehead atoms. The molecule has 1 aromatic rings. The van der Waals surface area contributed by atoms with Gasteiger partial charge >= 0.3 is 17.9 Å². The number of nitrogens with zero attached hydrogens (tertiary/aromatic N) is 1. The molecular weight excluding hydrogens is 660 g/mol. The summed E-state index contributed by atoms with van der Waals surface area (Å²) < 4.78 is 10.6. The maximum Gasteiger partial charge on any atom is 0.326 e.